The molecule has 20 heavy (non-hydrogen) atoms. The molecule has 0 aliphatic heterocycles. The van der Waals surface area contributed by atoms with Crippen LogP contribution >= 0.6 is 0 Å². The summed E-state index contributed by atoms with van der Waals surface area (Å²) in [5.41, 5.74) is 0. The number of amides is 2. The summed E-state index contributed by atoms with van der Waals surface area (Å²) in [6.45, 7) is 6.00. The maximum absolute atomic E-state index is 11.6. The molecule has 0 rings (SSSR count). The molecule has 0 heterocycles. The molecule has 120 valence electrons. The van der Waals surface area contributed by atoms with Crippen LogP contribution in [0.4, 0.5) is 0 Å². The molecule has 0 aromatic carbocycles. The fraction of sp³-hybridized carbons (Fsp3) is 0.769. The molecule has 0 saturated heterocycles. The van der Waals surface area contributed by atoms with Crippen LogP contribution in [0.2, 0.25) is 0 Å². The van der Waals surface area contributed by atoms with Crippen LogP contribution in [0.15, 0.2) is 0 Å². The van der Waals surface area contributed by atoms with Gasteiger partial charge in [-0.25, -0.2) is 0 Å². The van der Waals surface area contributed by atoms with Gasteiger partial charge in [-0.15, -0.1) is 0 Å². The monoisotopic (exact) mass is 308 g/mol. The summed E-state index contributed by atoms with van der Waals surface area (Å²) in [5, 5.41) is 5.19. The quantitative estimate of drug-likeness (QED) is 0.574. The van der Waals surface area contributed by atoms with Crippen LogP contribution in [0.25, 0.3) is 0 Å². The molecule has 0 fully saturated rings. The number of Topliss-reactive ketones (excluding diaryl/α,β-unsaturated/α-hetero) is 1. The van der Waals surface area contributed by atoms with Crippen molar-refractivity contribution in [3.05, 3.63) is 0 Å². The van der Waals surface area contributed by atoms with Gasteiger partial charge in [0.15, 0.2) is 0 Å². The molecule has 2 N–H and O–H groups in total. The van der Waals surface area contributed by atoms with Crippen molar-refractivity contribution < 1.29 is 21.4 Å². The minimum Gasteiger partial charge on any atom is -0.354 e. The van der Waals surface area contributed by atoms with Crippen LogP contribution in [0.5, 0.6) is 0 Å². The molecule has 2 amide bonds. The van der Waals surface area contributed by atoms with Crippen LogP contribution in [-0.2, 0) is 25.2 Å². The normalized spacial score (nSPS) is 12.0. The van der Waals surface area contributed by atoms with E-state index >= 15 is 0 Å². The summed E-state index contributed by atoms with van der Waals surface area (Å²) in [4.78, 5) is 33.7. The van der Waals surface area contributed by atoms with E-state index in [0.29, 0.717) is 19.5 Å². The Morgan fingerprint density at radius 3 is 2.15 bits per heavy atom. The van der Waals surface area contributed by atoms with E-state index < -0.39 is 10.8 Å². The van der Waals surface area contributed by atoms with Gasteiger partial charge in [-0.1, -0.05) is 20.8 Å². The van der Waals surface area contributed by atoms with Gasteiger partial charge < -0.3 is 10.6 Å². The smallest absolute Gasteiger partial charge is 0.232 e. The van der Waals surface area contributed by atoms with E-state index in [-0.39, 0.29) is 44.3 Å². The molecule has 0 aliphatic rings. The van der Waals surface area contributed by atoms with Gasteiger partial charge in [-0.3, -0.25) is 18.6 Å². The van der Waals surface area contributed by atoms with Crippen molar-refractivity contribution in [3.63, 3.8) is 0 Å². The van der Waals surface area contributed by atoms with E-state index in [1.54, 1.807) is 20.8 Å². The number of carbonyl (C=O) groups excluding carboxylic acids is 3. The molecular weight excluding hydrogens is 280 g/mol. The third kappa shape index (κ3) is 9.66. The highest BCUT2D eigenvalue weighted by Crippen LogP contribution is 2.00. The van der Waals surface area contributed by atoms with Crippen molar-refractivity contribution in [3.8, 4) is 0 Å². The summed E-state index contributed by atoms with van der Waals surface area (Å²) in [6.07, 6.45) is 0.645. The largest absolute Gasteiger partial charge is 0.354 e. The van der Waals surface area contributed by atoms with E-state index in [1.165, 1.54) is 0 Å². The van der Waals surface area contributed by atoms with Crippen LogP contribution in [0.3, 0.4) is 0 Å². The predicted molar refractivity (Wildman–Crippen MR) is 82.9 cm³/mol. The maximum Gasteiger partial charge on any atom is 0.232 e. The van der Waals surface area contributed by atoms with Gasteiger partial charge in [-0.05, 0) is 0 Å². The Labute approximate surface area is 125 Å². The zero-order valence-electron chi connectivity index (χ0n) is 12.4. The van der Waals surface area contributed by atoms with Crippen LogP contribution in [0.1, 0.15) is 36.5 Å². The van der Waals surface area contributed by atoms with Gasteiger partial charge >= 0.3 is 0 Å². The standard InChI is InChI=1S/C13H24N2O4S.2H2/c1-4-12(17)14-6-7-15-13(18)9-20(19)8-5-11(16)10(2)3;;/h10H,4-9H2,1-3H3,(H,14,17)(H,15,18);2*1H. The van der Waals surface area contributed by atoms with E-state index in [9.17, 15) is 18.6 Å². The number of carbonyl (C=O) groups is 3. The maximum atomic E-state index is 11.6. The van der Waals surface area contributed by atoms with E-state index in [0.717, 1.165) is 0 Å². The molecule has 1 unspecified atom stereocenters. The molecule has 0 spiro atoms. The number of hydrogen-bond donors (Lipinski definition) is 2. The lowest BCUT2D eigenvalue weighted by atomic mass is 10.1. The van der Waals surface area contributed by atoms with Crippen molar-refractivity contribution in [2.45, 2.75) is 33.6 Å². The lowest BCUT2D eigenvalue weighted by Crippen LogP contribution is -2.36. The SMILES string of the molecule is CCC(=O)NCCNC(=O)CS(=O)CCC(=O)C(C)C.[HH].[HH]. The molecule has 0 aliphatic carbocycles. The van der Waals surface area contributed by atoms with Gasteiger partial charge in [-0.2, -0.15) is 0 Å². The highest BCUT2D eigenvalue weighted by atomic mass is 32.2. The van der Waals surface area contributed by atoms with Crippen LogP contribution in [-0.4, -0.2) is 46.4 Å². The third-order valence-electron chi connectivity index (χ3n) is 2.60. The molecule has 0 aromatic rings. The average Bonchev–Trinajstić information content (AvgIpc) is 2.40. The Hall–Kier alpha value is -1.24. The Balaban J connectivity index is -0.00000180. The van der Waals surface area contributed by atoms with Gasteiger partial charge in [0.25, 0.3) is 0 Å². The van der Waals surface area contributed by atoms with E-state index in [2.05, 4.69) is 10.6 Å². The molecule has 0 radical (unpaired) electrons. The first-order valence-corrected chi connectivity index (χ1v) is 8.26. The lowest BCUT2D eigenvalue weighted by Gasteiger charge is -2.07. The fourth-order valence-corrected chi connectivity index (χ4v) is 2.27. The zero-order valence-corrected chi connectivity index (χ0v) is 13.2. The van der Waals surface area contributed by atoms with Gasteiger partial charge in [0.05, 0.1) is 0 Å². The minimum atomic E-state index is -1.32. The first-order valence-electron chi connectivity index (χ1n) is 6.77. The van der Waals surface area contributed by atoms with Crippen molar-refractivity contribution in [1.29, 1.82) is 0 Å². The molecule has 6 nitrogen and oxygen atoms in total. The predicted octanol–water partition coefficient (Wildman–Crippen LogP) is 0.485. The topological polar surface area (TPSA) is 92.3 Å². The molecule has 0 saturated carbocycles. The Morgan fingerprint density at radius 2 is 1.65 bits per heavy atom. The summed E-state index contributed by atoms with van der Waals surface area (Å²) < 4.78 is 11.6. The number of rotatable bonds is 10. The number of hydrogen-bond acceptors (Lipinski definition) is 4. The Morgan fingerprint density at radius 1 is 1.10 bits per heavy atom. The Bertz CT molecular complexity index is 379. The highest BCUT2D eigenvalue weighted by Gasteiger charge is 2.12. The first-order chi connectivity index (χ1) is 9.36. The average molecular weight is 308 g/mol. The Kier molecular flexibility index (Phi) is 9.88. The summed E-state index contributed by atoms with van der Waals surface area (Å²) in [7, 11) is -1.32. The molecule has 7 heteroatoms. The third-order valence-corrected chi connectivity index (χ3v) is 3.85. The second-order valence-corrected chi connectivity index (χ2v) is 6.29. The molecule has 0 bridgehead atoms. The second-order valence-electron chi connectivity index (χ2n) is 4.71. The zero-order chi connectivity index (χ0) is 15.5. The van der Waals surface area contributed by atoms with E-state index in [4.69, 9.17) is 0 Å². The van der Waals surface area contributed by atoms with Crippen molar-refractivity contribution in [1.82, 2.24) is 10.6 Å². The van der Waals surface area contributed by atoms with Gasteiger partial charge in [0.2, 0.25) is 11.8 Å². The highest BCUT2D eigenvalue weighted by molar-refractivity contribution is 7.85. The van der Waals surface area contributed by atoms with Gasteiger partial charge in [0.1, 0.15) is 11.5 Å². The van der Waals surface area contributed by atoms with E-state index in [1.807, 2.05) is 0 Å². The van der Waals surface area contributed by atoms with Gasteiger partial charge in [0, 0.05) is 51.3 Å². The summed E-state index contributed by atoms with van der Waals surface area (Å²) in [5.74, 6) is -0.297. The summed E-state index contributed by atoms with van der Waals surface area (Å²) in [6, 6.07) is 0. The number of nitrogens with one attached hydrogen (secondary N) is 2. The molecule has 1 atom stereocenters. The van der Waals surface area contributed by atoms with Crippen molar-refractivity contribution in [2.24, 2.45) is 5.92 Å². The fourth-order valence-electron chi connectivity index (χ4n) is 1.30. The number of ketones is 1. The summed E-state index contributed by atoms with van der Waals surface area (Å²) >= 11 is 0. The molecule has 0 aromatic heterocycles. The lowest BCUT2D eigenvalue weighted by molar-refractivity contribution is -0.122. The van der Waals surface area contributed by atoms with Crippen LogP contribution in [0, 0.1) is 5.92 Å². The van der Waals surface area contributed by atoms with Crippen molar-refractivity contribution in [2.75, 3.05) is 24.6 Å². The first kappa shape index (κ1) is 18.8. The van der Waals surface area contributed by atoms with Crippen LogP contribution < -0.4 is 10.6 Å². The second kappa shape index (κ2) is 10.5. The minimum absolute atomic E-state index is 0. The molecular formula is C13H28N2O4S. The van der Waals surface area contributed by atoms with Crippen molar-refractivity contribution >= 4 is 28.4 Å².